The number of fused-ring (bicyclic) bond motifs is 1. The molecule has 0 amide bonds. The predicted molar refractivity (Wildman–Crippen MR) is 72.7 cm³/mol. The summed E-state index contributed by atoms with van der Waals surface area (Å²) in [5.74, 6) is 0. The summed E-state index contributed by atoms with van der Waals surface area (Å²) >= 11 is 0. The molecule has 3 heterocycles. The Morgan fingerprint density at radius 2 is 2.11 bits per heavy atom. The van der Waals surface area contributed by atoms with Crippen LogP contribution in [0.5, 0.6) is 0 Å². The first-order valence-corrected chi connectivity index (χ1v) is 6.19. The molecule has 0 aliphatic heterocycles. The van der Waals surface area contributed by atoms with Crippen molar-refractivity contribution in [2.75, 3.05) is 0 Å². The van der Waals surface area contributed by atoms with E-state index in [1.54, 1.807) is 30.9 Å². The van der Waals surface area contributed by atoms with Gasteiger partial charge in [0.05, 0.1) is 18.3 Å². The minimum Gasteiger partial charge on any atom is -0.389 e. The molecule has 0 aromatic carbocycles. The van der Waals surface area contributed by atoms with Gasteiger partial charge in [-0.25, -0.2) is 4.98 Å². The van der Waals surface area contributed by atoms with Crippen LogP contribution in [-0.4, -0.2) is 29.9 Å². The van der Waals surface area contributed by atoms with Gasteiger partial charge in [-0.05, 0) is 31.5 Å². The van der Waals surface area contributed by atoms with Gasteiger partial charge in [0.2, 0.25) is 0 Å². The Hall–Kier alpha value is -2.14. The van der Waals surface area contributed by atoms with Gasteiger partial charge in [-0.2, -0.15) is 5.10 Å². The second-order valence-corrected chi connectivity index (χ2v) is 5.35. The quantitative estimate of drug-likeness (QED) is 0.779. The molecule has 0 atom stereocenters. The van der Waals surface area contributed by atoms with Crippen LogP contribution in [0.3, 0.4) is 0 Å². The molecule has 5 heteroatoms. The molecule has 0 radical (unpaired) electrons. The van der Waals surface area contributed by atoms with E-state index < -0.39 is 5.60 Å². The van der Waals surface area contributed by atoms with Crippen molar-refractivity contribution in [1.29, 1.82) is 0 Å². The molecule has 0 fully saturated rings. The standard InChI is InChI=1S/C14H16N4O/c1-14(2,19)10-18-9-12(8-16-18)11-3-5-17-6-4-15-13(17)7-11/h3-9,19H,10H2,1-2H3. The number of imidazole rings is 1. The lowest BCUT2D eigenvalue weighted by atomic mass is 10.1. The molecule has 3 aromatic rings. The third-order valence-electron chi connectivity index (χ3n) is 2.91. The van der Waals surface area contributed by atoms with Gasteiger partial charge >= 0.3 is 0 Å². The molecule has 3 rings (SSSR count). The Bertz CT molecular complexity index is 705. The van der Waals surface area contributed by atoms with Gasteiger partial charge in [-0.3, -0.25) is 4.68 Å². The van der Waals surface area contributed by atoms with Crippen LogP contribution in [-0.2, 0) is 6.54 Å². The number of aliphatic hydroxyl groups is 1. The van der Waals surface area contributed by atoms with Gasteiger partial charge in [0.1, 0.15) is 5.65 Å². The van der Waals surface area contributed by atoms with Crippen molar-refractivity contribution in [2.24, 2.45) is 0 Å². The lowest BCUT2D eigenvalue weighted by Crippen LogP contribution is -2.26. The first-order valence-electron chi connectivity index (χ1n) is 6.19. The second-order valence-electron chi connectivity index (χ2n) is 5.35. The van der Waals surface area contributed by atoms with Crippen LogP contribution < -0.4 is 0 Å². The van der Waals surface area contributed by atoms with Crippen molar-refractivity contribution in [1.82, 2.24) is 19.2 Å². The van der Waals surface area contributed by atoms with Crippen LogP contribution >= 0.6 is 0 Å². The fourth-order valence-corrected chi connectivity index (χ4v) is 2.09. The zero-order valence-electron chi connectivity index (χ0n) is 11.0. The zero-order chi connectivity index (χ0) is 13.5. The van der Waals surface area contributed by atoms with Crippen LogP contribution in [0.15, 0.2) is 43.1 Å². The van der Waals surface area contributed by atoms with Crippen LogP contribution in [0.25, 0.3) is 16.8 Å². The number of rotatable bonds is 3. The second kappa shape index (κ2) is 4.20. The third-order valence-corrected chi connectivity index (χ3v) is 2.91. The van der Waals surface area contributed by atoms with E-state index in [1.165, 1.54) is 0 Å². The van der Waals surface area contributed by atoms with E-state index in [0.717, 1.165) is 16.8 Å². The molecule has 0 unspecified atom stereocenters. The summed E-state index contributed by atoms with van der Waals surface area (Å²) in [5, 5.41) is 14.1. The van der Waals surface area contributed by atoms with Crippen LogP contribution in [0.4, 0.5) is 0 Å². The maximum Gasteiger partial charge on any atom is 0.137 e. The molecule has 1 N–H and O–H groups in total. The normalized spacial score (nSPS) is 12.2. The summed E-state index contributed by atoms with van der Waals surface area (Å²) in [6.07, 6.45) is 9.41. The highest BCUT2D eigenvalue weighted by atomic mass is 16.3. The monoisotopic (exact) mass is 256 g/mol. The number of pyridine rings is 1. The van der Waals surface area contributed by atoms with Crippen molar-refractivity contribution < 1.29 is 5.11 Å². The molecule has 0 saturated carbocycles. The Balaban J connectivity index is 1.93. The largest absolute Gasteiger partial charge is 0.389 e. The van der Waals surface area contributed by atoms with Gasteiger partial charge in [-0.1, -0.05) is 0 Å². The van der Waals surface area contributed by atoms with E-state index in [9.17, 15) is 5.11 Å². The zero-order valence-corrected chi connectivity index (χ0v) is 11.0. The number of hydrogen-bond acceptors (Lipinski definition) is 3. The smallest absolute Gasteiger partial charge is 0.137 e. The van der Waals surface area contributed by atoms with Crippen LogP contribution in [0, 0.1) is 0 Å². The fourth-order valence-electron chi connectivity index (χ4n) is 2.09. The van der Waals surface area contributed by atoms with Crippen molar-refractivity contribution in [2.45, 2.75) is 26.0 Å². The molecule has 19 heavy (non-hydrogen) atoms. The first kappa shape index (κ1) is 11.9. The van der Waals surface area contributed by atoms with Gasteiger partial charge in [0.15, 0.2) is 0 Å². The molecule has 0 saturated heterocycles. The van der Waals surface area contributed by atoms with Gasteiger partial charge in [0, 0.05) is 30.4 Å². The Kier molecular flexibility index (Phi) is 2.64. The summed E-state index contributed by atoms with van der Waals surface area (Å²) in [4.78, 5) is 4.27. The molecular formula is C14H16N4O. The maximum absolute atomic E-state index is 9.79. The lowest BCUT2D eigenvalue weighted by Gasteiger charge is -2.16. The number of aromatic nitrogens is 4. The van der Waals surface area contributed by atoms with E-state index in [2.05, 4.69) is 10.1 Å². The van der Waals surface area contributed by atoms with Gasteiger partial charge in [0.25, 0.3) is 0 Å². The Morgan fingerprint density at radius 1 is 1.26 bits per heavy atom. The molecule has 5 nitrogen and oxygen atoms in total. The van der Waals surface area contributed by atoms with Crippen LogP contribution in [0.2, 0.25) is 0 Å². The highest BCUT2D eigenvalue weighted by molar-refractivity contribution is 5.65. The summed E-state index contributed by atoms with van der Waals surface area (Å²) in [7, 11) is 0. The van der Waals surface area contributed by atoms with E-state index >= 15 is 0 Å². The highest BCUT2D eigenvalue weighted by Gasteiger charge is 2.14. The molecule has 98 valence electrons. The minimum absolute atomic E-state index is 0.471. The molecule has 0 bridgehead atoms. The number of hydrogen-bond donors (Lipinski definition) is 1. The highest BCUT2D eigenvalue weighted by Crippen LogP contribution is 2.20. The lowest BCUT2D eigenvalue weighted by molar-refractivity contribution is 0.0577. The van der Waals surface area contributed by atoms with Crippen molar-refractivity contribution in [3.8, 4) is 11.1 Å². The summed E-state index contributed by atoms with van der Waals surface area (Å²) < 4.78 is 3.72. The minimum atomic E-state index is -0.768. The van der Waals surface area contributed by atoms with E-state index in [0.29, 0.717) is 6.54 Å². The van der Waals surface area contributed by atoms with E-state index in [-0.39, 0.29) is 0 Å². The summed E-state index contributed by atoms with van der Waals surface area (Å²) in [5.41, 5.74) is 2.24. The van der Waals surface area contributed by atoms with Crippen molar-refractivity contribution in [3.05, 3.63) is 43.1 Å². The maximum atomic E-state index is 9.79. The molecular weight excluding hydrogens is 240 g/mol. The summed E-state index contributed by atoms with van der Waals surface area (Å²) in [6, 6.07) is 4.05. The van der Waals surface area contributed by atoms with Gasteiger partial charge in [-0.15, -0.1) is 0 Å². The SMILES string of the molecule is CC(C)(O)Cn1cc(-c2ccn3ccnc3c2)cn1. The summed E-state index contributed by atoms with van der Waals surface area (Å²) in [6.45, 7) is 4.01. The molecule has 0 spiro atoms. The van der Waals surface area contributed by atoms with Crippen molar-refractivity contribution in [3.63, 3.8) is 0 Å². The fraction of sp³-hybridized carbons (Fsp3) is 0.286. The Labute approximate surface area is 111 Å². The van der Waals surface area contributed by atoms with Crippen molar-refractivity contribution >= 4 is 5.65 Å². The van der Waals surface area contributed by atoms with Gasteiger partial charge < -0.3 is 9.51 Å². The Morgan fingerprint density at radius 3 is 2.89 bits per heavy atom. The number of nitrogens with zero attached hydrogens (tertiary/aromatic N) is 4. The predicted octanol–water partition coefficient (Wildman–Crippen LogP) is 1.97. The van der Waals surface area contributed by atoms with E-state index in [1.807, 2.05) is 35.1 Å². The average Bonchev–Trinajstić information content (AvgIpc) is 2.93. The molecule has 0 aliphatic rings. The first-order chi connectivity index (χ1) is 9.01. The third kappa shape index (κ3) is 2.51. The van der Waals surface area contributed by atoms with E-state index in [4.69, 9.17) is 0 Å². The molecule has 0 aliphatic carbocycles. The van der Waals surface area contributed by atoms with Crippen LogP contribution in [0.1, 0.15) is 13.8 Å². The molecule has 3 aromatic heterocycles. The average molecular weight is 256 g/mol. The topological polar surface area (TPSA) is 55.4 Å².